The van der Waals surface area contributed by atoms with E-state index >= 15 is 0 Å². The predicted molar refractivity (Wildman–Crippen MR) is 84.9 cm³/mol. The van der Waals surface area contributed by atoms with Crippen molar-refractivity contribution in [2.75, 3.05) is 0 Å². The fourth-order valence-corrected chi connectivity index (χ4v) is 2.69. The molecule has 0 bridgehead atoms. The first-order valence-electron chi connectivity index (χ1n) is 5.44. The molecule has 2 aromatic rings. The number of alkyl halides is 3. The average Bonchev–Trinajstić information content (AvgIpc) is 2.39. The predicted octanol–water partition coefficient (Wildman–Crippen LogP) is 6.60. The molecule has 0 aliphatic carbocycles. The van der Waals surface area contributed by atoms with Crippen molar-refractivity contribution in [3.05, 3.63) is 69.7 Å². The van der Waals surface area contributed by atoms with Crippen LogP contribution in [0.2, 0.25) is 10.0 Å². The molecule has 0 radical (unpaired) electrons. The monoisotopic (exact) mass is 352 g/mol. The Morgan fingerprint density at radius 1 is 0.737 bits per heavy atom. The molecular formula is C14H9Cl5. The molecule has 0 nitrogen and oxygen atoms in total. The van der Waals surface area contributed by atoms with Gasteiger partial charge in [0.15, 0.2) is 4.33 Å². The van der Waals surface area contributed by atoms with Crippen molar-refractivity contribution in [3.8, 4) is 0 Å². The lowest BCUT2D eigenvalue weighted by Gasteiger charge is -2.26. The van der Waals surface area contributed by atoms with E-state index in [9.17, 15) is 0 Å². The largest absolute Gasteiger partial charge is 0.163 e. The molecule has 0 aliphatic rings. The van der Waals surface area contributed by atoms with E-state index in [4.69, 9.17) is 58.0 Å². The van der Waals surface area contributed by atoms with Crippen LogP contribution in [0, 0.1) is 0 Å². The zero-order chi connectivity index (χ0) is 14.0. The summed E-state index contributed by atoms with van der Waals surface area (Å²) in [5, 5.41) is 0.647. The Hall–Kier alpha value is -0.110. The Kier molecular flexibility index (Phi) is 4.92. The maximum Gasteiger partial charge on any atom is 0.163 e. The number of benzene rings is 2. The summed E-state index contributed by atoms with van der Waals surface area (Å²) in [5.41, 5.74) is 1.49. The van der Waals surface area contributed by atoms with Gasteiger partial charge in [0.05, 0.1) is 5.38 Å². The maximum absolute atomic E-state index is 6.40. The van der Waals surface area contributed by atoms with Crippen LogP contribution in [0.1, 0.15) is 16.5 Å². The first-order valence-corrected chi connectivity index (χ1v) is 7.39. The first kappa shape index (κ1) is 15.3. The van der Waals surface area contributed by atoms with Gasteiger partial charge in [0.1, 0.15) is 0 Å². The highest BCUT2D eigenvalue weighted by molar-refractivity contribution is 6.51. The van der Waals surface area contributed by atoms with Crippen LogP contribution in [0.15, 0.2) is 48.5 Å². The molecule has 0 amide bonds. The molecule has 1 atom stereocenters. The Bertz CT molecular complexity index is 545. The second kappa shape index (κ2) is 6.11. The van der Waals surface area contributed by atoms with Gasteiger partial charge in [-0.3, -0.25) is 0 Å². The van der Waals surface area contributed by atoms with Crippen LogP contribution >= 0.6 is 58.0 Å². The smallest absolute Gasteiger partial charge is 0.114 e. The van der Waals surface area contributed by atoms with E-state index in [0.717, 1.165) is 5.56 Å². The molecule has 0 heterocycles. The van der Waals surface area contributed by atoms with Crippen LogP contribution in [0.25, 0.3) is 0 Å². The molecule has 100 valence electrons. The third-order valence-corrected chi connectivity index (χ3v) is 4.89. The minimum Gasteiger partial charge on any atom is -0.114 e. The van der Waals surface area contributed by atoms with E-state index < -0.39 is 9.71 Å². The summed E-state index contributed by atoms with van der Waals surface area (Å²) in [6, 6.07) is 14.1. The summed E-state index contributed by atoms with van der Waals surface area (Å²) >= 11 is 30.9. The van der Waals surface area contributed by atoms with Gasteiger partial charge in [0, 0.05) is 10.0 Å². The molecule has 0 spiro atoms. The van der Waals surface area contributed by atoms with Gasteiger partial charge >= 0.3 is 0 Å². The molecule has 0 aromatic heterocycles. The number of halogens is 5. The lowest BCUT2D eigenvalue weighted by molar-refractivity contribution is 0.803. The standard InChI is InChI=1S/C14H9Cl5/c15-11-5-1-9(2-6-11)13(17)14(18,19)10-3-7-12(16)8-4-10/h1-8,13H. The quantitative estimate of drug-likeness (QED) is 0.544. The van der Waals surface area contributed by atoms with E-state index in [-0.39, 0.29) is 0 Å². The second-order valence-corrected chi connectivity index (χ2v) is 6.74. The zero-order valence-electron chi connectivity index (χ0n) is 9.59. The first-order chi connectivity index (χ1) is 8.91. The van der Waals surface area contributed by atoms with Gasteiger partial charge in [0.25, 0.3) is 0 Å². The van der Waals surface area contributed by atoms with Crippen LogP contribution < -0.4 is 0 Å². The molecule has 0 saturated heterocycles. The highest BCUT2D eigenvalue weighted by Crippen LogP contribution is 2.49. The summed E-state index contributed by atoms with van der Waals surface area (Å²) in [6.45, 7) is 0. The summed E-state index contributed by atoms with van der Waals surface area (Å²) in [6.07, 6.45) is 0. The van der Waals surface area contributed by atoms with Crippen molar-refractivity contribution in [2.45, 2.75) is 9.71 Å². The molecule has 19 heavy (non-hydrogen) atoms. The molecular weight excluding hydrogens is 345 g/mol. The minimum atomic E-state index is -1.25. The molecule has 2 aromatic carbocycles. The molecule has 5 heteroatoms. The Labute approximate surface area is 137 Å². The van der Waals surface area contributed by atoms with E-state index in [0.29, 0.717) is 15.6 Å². The highest BCUT2D eigenvalue weighted by Gasteiger charge is 2.36. The fraction of sp³-hybridized carbons (Fsp3) is 0.143. The van der Waals surface area contributed by atoms with Crippen molar-refractivity contribution < 1.29 is 0 Å². The molecule has 1 unspecified atom stereocenters. The highest BCUT2D eigenvalue weighted by atomic mass is 35.5. The number of hydrogen-bond donors (Lipinski definition) is 0. The van der Waals surface area contributed by atoms with Crippen LogP contribution in [-0.2, 0) is 4.33 Å². The number of rotatable bonds is 3. The second-order valence-electron chi connectivity index (χ2n) is 4.04. The van der Waals surface area contributed by atoms with Gasteiger partial charge in [0.2, 0.25) is 0 Å². The van der Waals surface area contributed by atoms with Gasteiger partial charge in [-0.05, 0) is 35.4 Å². The van der Waals surface area contributed by atoms with E-state index in [1.165, 1.54) is 0 Å². The Morgan fingerprint density at radius 3 is 1.63 bits per heavy atom. The molecule has 0 N–H and O–H groups in total. The van der Waals surface area contributed by atoms with E-state index in [2.05, 4.69) is 0 Å². The van der Waals surface area contributed by atoms with Gasteiger partial charge < -0.3 is 0 Å². The third kappa shape index (κ3) is 3.51. The number of hydrogen-bond acceptors (Lipinski definition) is 0. The SMILES string of the molecule is Clc1ccc(C(Cl)C(Cl)(Cl)c2ccc(Cl)cc2)cc1. The van der Waals surface area contributed by atoms with Crippen LogP contribution in [0.5, 0.6) is 0 Å². The molecule has 0 aliphatic heterocycles. The molecule has 2 rings (SSSR count). The lowest BCUT2D eigenvalue weighted by Crippen LogP contribution is -2.17. The third-order valence-electron chi connectivity index (χ3n) is 2.71. The van der Waals surface area contributed by atoms with Crippen LogP contribution in [-0.4, -0.2) is 0 Å². The van der Waals surface area contributed by atoms with Crippen LogP contribution in [0.4, 0.5) is 0 Å². The van der Waals surface area contributed by atoms with E-state index in [1.54, 1.807) is 48.5 Å². The normalized spacial score (nSPS) is 13.3. The maximum atomic E-state index is 6.40. The summed E-state index contributed by atoms with van der Waals surface area (Å²) < 4.78 is -1.25. The fourth-order valence-electron chi connectivity index (χ4n) is 1.66. The van der Waals surface area contributed by atoms with Crippen molar-refractivity contribution in [1.29, 1.82) is 0 Å². The molecule has 0 saturated carbocycles. The Balaban J connectivity index is 2.32. The van der Waals surface area contributed by atoms with Gasteiger partial charge in [-0.25, -0.2) is 0 Å². The Morgan fingerprint density at radius 2 is 1.16 bits per heavy atom. The zero-order valence-corrected chi connectivity index (χ0v) is 13.4. The van der Waals surface area contributed by atoms with Crippen molar-refractivity contribution in [1.82, 2.24) is 0 Å². The summed E-state index contributed by atoms with van der Waals surface area (Å²) in [7, 11) is 0. The minimum absolute atomic E-state index is 0.603. The topological polar surface area (TPSA) is 0 Å². The summed E-state index contributed by atoms with van der Waals surface area (Å²) in [5.74, 6) is 0. The van der Waals surface area contributed by atoms with Gasteiger partial charge in [-0.2, -0.15) is 0 Å². The van der Waals surface area contributed by atoms with Crippen molar-refractivity contribution in [2.24, 2.45) is 0 Å². The van der Waals surface area contributed by atoms with Gasteiger partial charge in [-0.15, -0.1) is 11.6 Å². The van der Waals surface area contributed by atoms with E-state index in [1.807, 2.05) is 0 Å². The van der Waals surface area contributed by atoms with Crippen molar-refractivity contribution >= 4 is 58.0 Å². The van der Waals surface area contributed by atoms with Gasteiger partial charge in [-0.1, -0.05) is 70.7 Å². The lowest BCUT2D eigenvalue weighted by atomic mass is 10.0. The average molecular weight is 354 g/mol. The van der Waals surface area contributed by atoms with Crippen LogP contribution in [0.3, 0.4) is 0 Å². The van der Waals surface area contributed by atoms with Crippen molar-refractivity contribution in [3.63, 3.8) is 0 Å². The molecule has 0 fully saturated rings. The summed E-state index contributed by atoms with van der Waals surface area (Å²) in [4.78, 5) is 0.